The number of halogens is 2. The lowest BCUT2D eigenvalue weighted by Gasteiger charge is -2.32. The Balaban J connectivity index is 1.15. The summed E-state index contributed by atoms with van der Waals surface area (Å²) in [4.78, 5) is 30.1. The maximum Gasteiger partial charge on any atom is 0.259 e. The van der Waals surface area contributed by atoms with Crippen LogP contribution in [0.1, 0.15) is 64.3 Å². The first-order chi connectivity index (χ1) is 18.9. The molecule has 0 saturated carbocycles. The highest BCUT2D eigenvalue weighted by Gasteiger charge is 2.25. The van der Waals surface area contributed by atoms with E-state index in [1.54, 1.807) is 12.1 Å². The van der Waals surface area contributed by atoms with Gasteiger partial charge >= 0.3 is 0 Å². The van der Waals surface area contributed by atoms with Crippen molar-refractivity contribution in [1.29, 1.82) is 0 Å². The number of anilines is 2. The zero-order chi connectivity index (χ0) is 27.4. The molecule has 1 N–H and O–H groups in total. The molecule has 2 heterocycles. The van der Waals surface area contributed by atoms with E-state index in [2.05, 4.69) is 22.3 Å². The number of nitrogens with one attached hydrogen (secondary N) is 1. The van der Waals surface area contributed by atoms with Crippen molar-refractivity contribution >= 4 is 23.2 Å². The van der Waals surface area contributed by atoms with Crippen LogP contribution in [0.4, 0.5) is 20.2 Å². The number of benzene rings is 3. The Labute approximate surface area is 227 Å². The lowest BCUT2D eigenvalue weighted by atomic mass is 9.89. The monoisotopic (exact) mass is 533 g/mol. The van der Waals surface area contributed by atoms with Crippen molar-refractivity contribution in [2.24, 2.45) is 0 Å². The third-order valence-corrected chi connectivity index (χ3v) is 7.76. The van der Waals surface area contributed by atoms with Gasteiger partial charge in [-0.15, -0.1) is 0 Å². The summed E-state index contributed by atoms with van der Waals surface area (Å²) in [5, 5.41) is 2.71. The van der Waals surface area contributed by atoms with Gasteiger partial charge < -0.3 is 19.9 Å². The molecule has 204 valence electrons. The lowest BCUT2D eigenvalue weighted by Crippen LogP contribution is -2.38. The van der Waals surface area contributed by atoms with Crippen LogP contribution in [0.2, 0.25) is 0 Å². The summed E-state index contributed by atoms with van der Waals surface area (Å²) in [6.07, 6.45) is 5.45. The van der Waals surface area contributed by atoms with Gasteiger partial charge in [0.1, 0.15) is 0 Å². The van der Waals surface area contributed by atoms with Gasteiger partial charge in [-0.1, -0.05) is 12.1 Å². The third-order valence-electron chi connectivity index (χ3n) is 7.76. The normalized spacial score (nSPS) is 16.2. The van der Waals surface area contributed by atoms with E-state index in [0.717, 1.165) is 43.1 Å². The number of amides is 2. The zero-order valence-electron chi connectivity index (χ0n) is 22.1. The van der Waals surface area contributed by atoms with Gasteiger partial charge in [0.15, 0.2) is 11.6 Å². The Morgan fingerprint density at radius 2 is 1.51 bits per heavy atom. The number of carbonyl (C=O) groups is 2. The minimum absolute atomic E-state index is 0.0735. The van der Waals surface area contributed by atoms with E-state index < -0.39 is 23.3 Å². The molecule has 3 aromatic rings. The van der Waals surface area contributed by atoms with Gasteiger partial charge in [0.05, 0.1) is 12.7 Å². The number of hydrogen-bond acceptors (Lipinski definition) is 4. The van der Waals surface area contributed by atoms with E-state index in [9.17, 15) is 18.4 Å². The van der Waals surface area contributed by atoms with Crippen LogP contribution < -0.4 is 15.0 Å². The largest absolute Gasteiger partial charge is 0.493 e. The highest BCUT2D eigenvalue weighted by Crippen LogP contribution is 2.31. The Hall–Kier alpha value is -3.94. The summed E-state index contributed by atoms with van der Waals surface area (Å²) < 4.78 is 32.3. The first-order valence-corrected chi connectivity index (χ1v) is 13.5. The Morgan fingerprint density at radius 3 is 2.15 bits per heavy atom. The number of nitrogens with zero attached hydrogens (tertiary/aromatic N) is 2. The maximum atomic E-state index is 14.0. The summed E-state index contributed by atoms with van der Waals surface area (Å²) in [7, 11) is 1.19. The van der Waals surface area contributed by atoms with Crippen LogP contribution in [0.3, 0.4) is 0 Å². The number of piperidine rings is 2. The van der Waals surface area contributed by atoms with E-state index in [0.29, 0.717) is 24.7 Å². The molecule has 2 aliphatic heterocycles. The molecule has 2 amide bonds. The van der Waals surface area contributed by atoms with Crippen molar-refractivity contribution in [2.45, 2.75) is 38.0 Å². The Bertz CT molecular complexity index is 1310. The van der Waals surface area contributed by atoms with Crippen molar-refractivity contribution in [3.63, 3.8) is 0 Å². The third kappa shape index (κ3) is 5.90. The second-order valence-electron chi connectivity index (χ2n) is 10.2. The fraction of sp³-hybridized carbons (Fsp3) is 0.355. The second kappa shape index (κ2) is 11.8. The van der Waals surface area contributed by atoms with E-state index in [4.69, 9.17) is 4.74 Å². The van der Waals surface area contributed by atoms with Gasteiger partial charge in [-0.05, 0) is 92.1 Å². The van der Waals surface area contributed by atoms with Gasteiger partial charge in [0, 0.05) is 43.1 Å². The van der Waals surface area contributed by atoms with Crippen molar-refractivity contribution in [1.82, 2.24) is 4.90 Å². The van der Waals surface area contributed by atoms with Crippen molar-refractivity contribution < 1.29 is 23.1 Å². The van der Waals surface area contributed by atoms with Crippen LogP contribution in [0, 0.1) is 11.6 Å². The van der Waals surface area contributed by atoms with Crippen LogP contribution in [0.15, 0.2) is 60.7 Å². The van der Waals surface area contributed by atoms with Gasteiger partial charge in [0.2, 0.25) is 5.82 Å². The van der Waals surface area contributed by atoms with Gasteiger partial charge in [-0.3, -0.25) is 9.59 Å². The molecular weight excluding hydrogens is 500 g/mol. The lowest BCUT2D eigenvalue weighted by molar-refractivity contribution is 0.0713. The Kier molecular flexibility index (Phi) is 8.10. The molecule has 0 aromatic heterocycles. The fourth-order valence-corrected chi connectivity index (χ4v) is 5.51. The standard InChI is InChI=1S/C31H33F2N3O3/c1-39-29-26(13-14-27(32)28(29)33)30(37)34-24-9-5-21(6-10-24)22-15-19-36(20-16-22)31(38)23-7-11-25(12-8-23)35-17-3-2-4-18-35/h5-14,22H,2-4,15-20H2,1H3,(H,34,37). The van der Waals surface area contributed by atoms with Gasteiger partial charge in [-0.25, -0.2) is 4.39 Å². The average molecular weight is 534 g/mol. The zero-order valence-corrected chi connectivity index (χ0v) is 22.1. The Morgan fingerprint density at radius 1 is 0.846 bits per heavy atom. The quantitative estimate of drug-likeness (QED) is 0.408. The number of ether oxygens (including phenoxy) is 1. The van der Waals surface area contributed by atoms with Crippen LogP contribution in [-0.2, 0) is 0 Å². The minimum Gasteiger partial charge on any atom is -0.493 e. The van der Waals surface area contributed by atoms with Crippen molar-refractivity contribution in [2.75, 3.05) is 43.5 Å². The molecule has 2 aliphatic rings. The van der Waals surface area contributed by atoms with Crippen molar-refractivity contribution in [3.8, 4) is 5.75 Å². The summed E-state index contributed by atoms with van der Waals surface area (Å²) in [6, 6.07) is 17.6. The number of carbonyl (C=O) groups excluding carboxylic acids is 2. The van der Waals surface area contributed by atoms with Crippen molar-refractivity contribution in [3.05, 3.63) is 89.0 Å². The molecule has 5 rings (SSSR count). The predicted octanol–water partition coefficient (Wildman–Crippen LogP) is 6.24. The average Bonchev–Trinajstić information content (AvgIpc) is 2.99. The molecule has 8 heteroatoms. The molecule has 0 aliphatic carbocycles. The number of likely N-dealkylation sites (tertiary alicyclic amines) is 1. The van der Waals surface area contributed by atoms with Crippen LogP contribution in [-0.4, -0.2) is 50.0 Å². The molecule has 39 heavy (non-hydrogen) atoms. The topological polar surface area (TPSA) is 61.9 Å². The fourth-order valence-electron chi connectivity index (χ4n) is 5.51. The molecule has 0 unspecified atom stereocenters. The smallest absolute Gasteiger partial charge is 0.259 e. The molecule has 0 bridgehead atoms. The number of hydrogen-bond donors (Lipinski definition) is 1. The van der Waals surface area contributed by atoms with Crippen LogP contribution in [0.25, 0.3) is 0 Å². The predicted molar refractivity (Wildman–Crippen MR) is 148 cm³/mol. The summed E-state index contributed by atoms with van der Waals surface area (Å²) in [5.41, 5.74) is 3.51. The van der Waals surface area contributed by atoms with Gasteiger partial charge in [-0.2, -0.15) is 4.39 Å². The second-order valence-corrected chi connectivity index (χ2v) is 10.2. The first-order valence-electron chi connectivity index (χ1n) is 13.5. The summed E-state index contributed by atoms with van der Waals surface area (Å²) in [6.45, 7) is 3.53. The summed E-state index contributed by atoms with van der Waals surface area (Å²) in [5.74, 6) is -2.90. The van der Waals surface area contributed by atoms with Gasteiger partial charge in [0.25, 0.3) is 11.8 Å². The summed E-state index contributed by atoms with van der Waals surface area (Å²) >= 11 is 0. The highest BCUT2D eigenvalue weighted by atomic mass is 19.2. The molecule has 2 fully saturated rings. The highest BCUT2D eigenvalue weighted by molar-refractivity contribution is 6.06. The molecule has 6 nitrogen and oxygen atoms in total. The molecule has 2 saturated heterocycles. The van der Waals surface area contributed by atoms with Crippen LogP contribution >= 0.6 is 0 Å². The van der Waals surface area contributed by atoms with E-state index >= 15 is 0 Å². The molecule has 0 radical (unpaired) electrons. The molecular formula is C31H33F2N3O3. The number of methoxy groups -OCH3 is 1. The SMILES string of the molecule is COc1c(C(=O)Nc2ccc(C3CCN(C(=O)c4ccc(N5CCCCC5)cc4)CC3)cc2)ccc(F)c1F. The van der Waals surface area contributed by atoms with Crippen LogP contribution in [0.5, 0.6) is 5.75 Å². The maximum absolute atomic E-state index is 14.0. The number of rotatable bonds is 6. The van der Waals surface area contributed by atoms with E-state index in [1.165, 1.54) is 38.1 Å². The molecule has 0 atom stereocenters. The molecule has 3 aromatic carbocycles. The van der Waals surface area contributed by atoms with E-state index in [-0.39, 0.29) is 11.5 Å². The van der Waals surface area contributed by atoms with E-state index in [1.807, 2.05) is 29.2 Å². The molecule has 0 spiro atoms. The minimum atomic E-state index is -1.19. The first kappa shape index (κ1) is 26.7.